The quantitative estimate of drug-likeness (QED) is 0.181. The predicted octanol–water partition coefficient (Wildman–Crippen LogP) is 5.58. The third kappa shape index (κ3) is 12.0. The number of rotatable bonds is 17. The molecule has 9 atom stereocenters. The van der Waals surface area contributed by atoms with Gasteiger partial charge in [-0.05, 0) is 40.0 Å². The van der Waals surface area contributed by atoms with E-state index in [0.29, 0.717) is 19.3 Å². The van der Waals surface area contributed by atoms with Crippen molar-refractivity contribution in [1.82, 2.24) is 0 Å². The van der Waals surface area contributed by atoms with E-state index < -0.39 is 49.2 Å². The largest absolute Gasteiger partial charge is 0.459 e. The molecule has 9 nitrogen and oxygen atoms in total. The van der Waals surface area contributed by atoms with Crippen LogP contribution in [0.4, 0.5) is 0 Å². The molecule has 2 heterocycles. The van der Waals surface area contributed by atoms with Gasteiger partial charge in [0.15, 0.2) is 18.7 Å². The molecule has 228 valence electrons. The smallest absolute Gasteiger partial charge is 0.306 e. The highest BCUT2D eigenvalue weighted by Gasteiger charge is 2.45. The maximum absolute atomic E-state index is 12.6. The van der Waals surface area contributed by atoms with Crippen LogP contribution in [-0.2, 0) is 38.0 Å². The average molecular weight is 559 g/mol. The summed E-state index contributed by atoms with van der Waals surface area (Å²) in [5, 5.41) is 10.6. The number of esters is 2. The van der Waals surface area contributed by atoms with Crippen molar-refractivity contribution in [3.8, 4) is 0 Å². The number of carbonyl (C=O) groups is 2. The lowest BCUT2D eigenvalue weighted by Gasteiger charge is -2.44. The van der Waals surface area contributed by atoms with E-state index in [2.05, 4.69) is 6.92 Å². The van der Waals surface area contributed by atoms with E-state index in [1.165, 1.54) is 12.8 Å². The molecule has 0 aliphatic carbocycles. The van der Waals surface area contributed by atoms with Crippen molar-refractivity contribution in [1.29, 1.82) is 0 Å². The molecule has 0 aromatic rings. The number of hydrogen-bond acceptors (Lipinski definition) is 9. The van der Waals surface area contributed by atoms with Gasteiger partial charge in [0.05, 0.1) is 24.4 Å². The minimum Gasteiger partial charge on any atom is -0.459 e. The number of unbranched alkanes of at least 4 members (excludes halogenated alkanes) is 5. The first-order valence-corrected chi connectivity index (χ1v) is 15.4. The molecule has 39 heavy (non-hydrogen) atoms. The van der Waals surface area contributed by atoms with Gasteiger partial charge in [0, 0.05) is 25.7 Å². The van der Waals surface area contributed by atoms with Gasteiger partial charge in [0.2, 0.25) is 0 Å². The van der Waals surface area contributed by atoms with Crippen LogP contribution in [0.25, 0.3) is 0 Å². The molecule has 2 fully saturated rings. The monoisotopic (exact) mass is 558 g/mol. The summed E-state index contributed by atoms with van der Waals surface area (Å²) < 4.78 is 36.3. The third-order valence-electron chi connectivity index (χ3n) is 7.48. The summed E-state index contributed by atoms with van der Waals surface area (Å²) in [6.45, 7) is 11.9. The Bertz CT molecular complexity index is 702. The molecule has 2 saturated heterocycles. The van der Waals surface area contributed by atoms with Gasteiger partial charge < -0.3 is 33.5 Å². The molecule has 0 spiro atoms. The molecular formula is C30H54O9. The average Bonchev–Trinajstić information content (AvgIpc) is 2.89. The molecular weight excluding hydrogens is 504 g/mol. The second kappa shape index (κ2) is 18.2. The lowest BCUT2D eigenvalue weighted by Crippen LogP contribution is -2.55. The third-order valence-corrected chi connectivity index (χ3v) is 7.48. The first kappa shape index (κ1) is 33.9. The Labute approximate surface area is 235 Å². The van der Waals surface area contributed by atoms with Gasteiger partial charge in [-0.3, -0.25) is 9.59 Å². The minimum atomic E-state index is -0.906. The van der Waals surface area contributed by atoms with Crippen LogP contribution in [-0.4, -0.2) is 72.4 Å². The Morgan fingerprint density at radius 2 is 1.36 bits per heavy atom. The highest BCUT2D eigenvalue weighted by atomic mass is 16.8. The fraction of sp³-hybridized carbons (Fsp3) is 0.933. The number of aliphatic hydroxyl groups excluding tert-OH is 1. The summed E-state index contributed by atoms with van der Waals surface area (Å²) in [7, 11) is 0. The van der Waals surface area contributed by atoms with Crippen LogP contribution >= 0.6 is 0 Å². The zero-order chi connectivity index (χ0) is 28.8. The van der Waals surface area contributed by atoms with Gasteiger partial charge in [0.1, 0.15) is 12.2 Å². The Morgan fingerprint density at radius 3 is 1.97 bits per heavy atom. The standard InChI is InChI=1S/C30H54O9/c1-7-10-13-14-15-20(4)34-29-25(18-23(31)21(5)35-29)39-30-26(38-28(33)17-12-9-3)19-24(22(6)36-30)37-27(32)16-11-8-2/h20-26,29-31H,7-19H2,1-6H3/t20-,21+,22+,23-,24-,25-,26-,29-,30+/m1/s1. The zero-order valence-corrected chi connectivity index (χ0v) is 25.1. The predicted molar refractivity (Wildman–Crippen MR) is 147 cm³/mol. The summed E-state index contributed by atoms with van der Waals surface area (Å²) in [5.74, 6) is -0.626. The molecule has 0 aromatic heterocycles. The van der Waals surface area contributed by atoms with Crippen LogP contribution in [0.3, 0.4) is 0 Å². The van der Waals surface area contributed by atoms with Crippen molar-refractivity contribution in [2.75, 3.05) is 0 Å². The zero-order valence-electron chi connectivity index (χ0n) is 25.1. The van der Waals surface area contributed by atoms with E-state index in [0.717, 1.165) is 44.9 Å². The summed E-state index contributed by atoms with van der Waals surface area (Å²) in [6.07, 6.45) is 4.79. The van der Waals surface area contributed by atoms with Crippen LogP contribution in [0.15, 0.2) is 0 Å². The molecule has 2 rings (SSSR count). The van der Waals surface area contributed by atoms with Gasteiger partial charge >= 0.3 is 11.9 Å². The van der Waals surface area contributed by atoms with E-state index >= 15 is 0 Å². The molecule has 9 heteroatoms. The van der Waals surface area contributed by atoms with Crippen molar-refractivity contribution >= 4 is 11.9 Å². The van der Waals surface area contributed by atoms with Crippen molar-refractivity contribution in [3.05, 3.63) is 0 Å². The first-order valence-electron chi connectivity index (χ1n) is 15.4. The maximum Gasteiger partial charge on any atom is 0.306 e. The van der Waals surface area contributed by atoms with Crippen molar-refractivity contribution in [2.45, 2.75) is 180 Å². The van der Waals surface area contributed by atoms with Crippen molar-refractivity contribution in [3.63, 3.8) is 0 Å². The topological polar surface area (TPSA) is 110 Å². The Balaban J connectivity index is 2.11. The van der Waals surface area contributed by atoms with Crippen LogP contribution in [0, 0.1) is 0 Å². The molecule has 0 saturated carbocycles. The molecule has 0 amide bonds. The van der Waals surface area contributed by atoms with Crippen LogP contribution in [0.1, 0.15) is 125 Å². The molecule has 0 unspecified atom stereocenters. The minimum absolute atomic E-state index is 0.0406. The molecule has 0 radical (unpaired) electrons. The summed E-state index contributed by atoms with van der Waals surface area (Å²) in [5.41, 5.74) is 0. The summed E-state index contributed by atoms with van der Waals surface area (Å²) in [4.78, 5) is 24.9. The first-order chi connectivity index (χ1) is 18.7. The molecule has 1 N–H and O–H groups in total. The molecule has 0 bridgehead atoms. The van der Waals surface area contributed by atoms with Crippen molar-refractivity contribution < 1.29 is 43.1 Å². The second-order valence-corrected chi connectivity index (χ2v) is 11.2. The Morgan fingerprint density at radius 1 is 0.769 bits per heavy atom. The Hall–Kier alpha value is -1.26. The molecule has 0 aromatic carbocycles. The van der Waals surface area contributed by atoms with E-state index in [-0.39, 0.29) is 24.5 Å². The highest BCUT2D eigenvalue weighted by Crippen LogP contribution is 2.32. The van der Waals surface area contributed by atoms with E-state index in [9.17, 15) is 14.7 Å². The summed E-state index contributed by atoms with van der Waals surface area (Å²) >= 11 is 0. The second-order valence-electron chi connectivity index (χ2n) is 11.2. The molecule has 2 aliphatic rings. The number of carbonyl (C=O) groups excluding carboxylic acids is 2. The SMILES string of the molecule is CCCCCC[C@@H](C)O[C@@H]1O[C@@H](C)[C@H](O)C[C@H]1O[C@@H]1O[C@@H](C)[C@H](OC(=O)CCCC)C[C@H]1OC(=O)CCCC. The van der Waals surface area contributed by atoms with Gasteiger partial charge in [-0.1, -0.05) is 59.3 Å². The Kier molecular flexibility index (Phi) is 15.9. The number of ether oxygens (including phenoxy) is 6. The van der Waals surface area contributed by atoms with Crippen LogP contribution in [0.2, 0.25) is 0 Å². The fourth-order valence-electron chi connectivity index (χ4n) is 4.88. The lowest BCUT2D eigenvalue weighted by molar-refractivity contribution is -0.338. The van der Waals surface area contributed by atoms with Crippen molar-refractivity contribution in [2.24, 2.45) is 0 Å². The normalized spacial score (nSPS) is 32.0. The lowest BCUT2D eigenvalue weighted by atomic mass is 10.0. The van der Waals surface area contributed by atoms with Gasteiger partial charge in [-0.2, -0.15) is 0 Å². The van der Waals surface area contributed by atoms with Crippen LogP contribution < -0.4 is 0 Å². The molecule has 2 aliphatic heterocycles. The fourth-order valence-corrected chi connectivity index (χ4v) is 4.88. The van der Waals surface area contributed by atoms with Crippen LogP contribution in [0.5, 0.6) is 0 Å². The van der Waals surface area contributed by atoms with Gasteiger partial charge in [0.25, 0.3) is 0 Å². The van der Waals surface area contributed by atoms with E-state index in [4.69, 9.17) is 28.4 Å². The van der Waals surface area contributed by atoms with Gasteiger partial charge in [-0.15, -0.1) is 0 Å². The van der Waals surface area contributed by atoms with E-state index in [1.54, 1.807) is 0 Å². The summed E-state index contributed by atoms with van der Waals surface area (Å²) in [6, 6.07) is 0. The van der Waals surface area contributed by atoms with Gasteiger partial charge in [-0.25, -0.2) is 0 Å². The number of hydrogen-bond donors (Lipinski definition) is 1. The highest BCUT2D eigenvalue weighted by molar-refractivity contribution is 5.70. The maximum atomic E-state index is 12.6. The number of aliphatic hydroxyl groups is 1. The van der Waals surface area contributed by atoms with E-state index in [1.807, 2.05) is 34.6 Å².